The van der Waals surface area contributed by atoms with Crippen molar-refractivity contribution in [2.75, 3.05) is 6.61 Å². The first-order valence-corrected chi connectivity index (χ1v) is 9.14. The minimum Gasteiger partial charge on any atom is -0.492 e. The van der Waals surface area contributed by atoms with Gasteiger partial charge in [0.2, 0.25) is 0 Å². The average Bonchev–Trinajstić information content (AvgIpc) is 3.16. The quantitative estimate of drug-likeness (QED) is 0.660. The van der Waals surface area contributed by atoms with E-state index in [0.717, 1.165) is 25.0 Å². The van der Waals surface area contributed by atoms with Crippen LogP contribution in [-0.4, -0.2) is 22.4 Å². The molecule has 1 atom stereocenters. The lowest BCUT2D eigenvalue weighted by molar-refractivity contribution is 0.103. The average molecular weight is 367 g/mol. The molecule has 0 bridgehead atoms. The van der Waals surface area contributed by atoms with Crippen LogP contribution < -0.4 is 4.74 Å². The molecule has 1 aliphatic rings. The van der Waals surface area contributed by atoms with Gasteiger partial charge in [-0.15, -0.1) is 0 Å². The van der Waals surface area contributed by atoms with E-state index in [1.54, 1.807) is 36.7 Å². The molecule has 0 fully saturated rings. The predicted molar refractivity (Wildman–Crippen MR) is 101 cm³/mol. The van der Waals surface area contributed by atoms with Crippen LogP contribution in [0, 0.1) is 0 Å². The standard InChI is InChI=1S/C21H19ClN2O2/c22-16-9-10-19(17(11-16)21(25)14-5-2-1-3-6-14)26-12-15-7-4-8-18-20(15)24-13-23-18/h1-3,5-6,9-11,13,15H,4,7-8,12H2,(H,23,24). The van der Waals surface area contributed by atoms with Crippen molar-refractivity contribution in [2.24, 2.45) is 0 Å². The lowest BCUT2D eigenvalue weighted by atomic mass is 9.90. The van der Waals surface area contributed by atoms with Crippen molar-refractivity contribution < 1.29 is 9.53 Å². The van der Waals surface area contributed by atoms with E-state index < -0.39 is 0 Å². The molecule has 2 aromatic carbocycles. The fraction of sp³-hybridized carbons (Fsp3) is 0.238. The van der Waals surface area contributed by atoms with E-state index in [9.17, 15) is 4.79 Å². The summed E-state index contributed by atoms with van der Waals surface area (Å²) in [6.07, 6.45) is 4.92. The summed E-state index contributed by atoms with van der Waals surface area (Å²) in [7, 11) is 0. The first kappa shape index (κ1) is 16.9. The van der Waals surface area contributed by atoms with Crippen molar-refractivity contribution >= 4 is 17.4 Å². The minimum atomic E-state index is -0.0906. The topological polar surface area (TPSA) is 55.0 Å². The van der Waals surface area contributed by atoms with E-state index >= 15 is 0 Å². The molecular formula is C21H19ClN2O2. The highest BCUT2D eigenvalue weighted by Crippen LogP contribution is 2.31. The molecule has 26 heavy (non-hydrogen) atoms. The van der Waals surface area contributed by atoms with Gasteiger partial charge >= 0.3 is 0 Å². The van der Waals surface area contributed by atoms with Crippen LogP contribution in [0.5, 0.6) is 5.75 Å². The molecule has 0 amide bonds. The molecule has 1 N–H and O–H groups in total. The number of aryl methyl sites for hydroxylation is 1. The van der Waals surface area contributed by atoms with Gasteiger partial charge in [-0.05, 0) is 37.5 Å². The van der Waals surface area contributed by atoms with Crippen molar-refractivity contribution in [3.05, 3.63) is 82.4 Å². The first-order chi connectivity index (χ1) is 12.7. The number of nitrogens with zero attached hydrogens (tertiary/aromatic N) is 1. The molecule has 0 aliphatic heterocycles. The molecule has 1 aliphatic carbocycles. The van der Waals surface area contributed by atoms with Gasteiger partial charge in [-0.25, -0.2) is 4.98 Å². The molecule has 4 nitrogen and oxygen atoms in total. The smallest absolute Gasteiger partial charge is 0.196 e. The number of nitrogens with one attached hydrogen (secondary N) is 1. The molecule has 1 heterocycles. The first-order valence-electron chi connectivity index (χ1n) is 8.76. The van der Waals surface area contributed by atoms with Gasteiger partial charge in [0.1, 0.15) is 5.75 Å². The van der Waals surface area contributed by atoms with Gasteiger partial charge in [0.25, 0.3) is 0 Å². The minimum absolute atomic E-state index is 0.0906. The van der Waals surface area contributed by atoms with Crippen LogP contribution in [0.1, 0.15) is 46.1 Å². The third-order valence-electron chi connectivity index (χ3n) is 4.78. The Bertz CT molecular complexity index is 921. The van der Waals surface area contributed by atoms with Crippen LogP contribution in [0.3, 0.4) is 0 Å². The summed E-state index contributed by atoms with van der Waals surface area (Å²) >= 11 is 6.13. The van der Waals surface area contributed by atoms with Gasteiger partial charge in [-0.3, -0.25) is 4.79 Å². The van der Waals surface area contributed by atoms with Gasteiger partial charge in [0.15, 0.2) is 5.78 Å². The van der Waals surface area contributed by atoms with E-state index in [2.05, 4.69) is 9.97 Å². The highest BCUT2D eigenvalue weighted by Gasteiger charge is 2.24. The van der Waals surface area contributed by atoms with Gasteiger partial charge < -0.3 is 9.72 Å². The fourth-order valence-corrected chi connectivity index (χ4v) is 3.62. The Morgan fingerprint density at radius 1 is 1.23 bits per heavy atom. The molecule has 0 radical (unpaired) electrons. The van der Waals surface area contributed by atoms with E-state index in [1.165, 1.54) is 5.69 Å². The van der Waals surface area contributed by atoms with Crippen LogP contribution in [0.15, 0.2) is 54.9 Å². The van der Waals surface area contributed by atoms with Crippen molar-refractivity contribution in [3.63, 3.8) is 0 Å². The Kier molecular flexibility index (Phi) is 4.76. The van der Waals surface area contributed by atoms with E-state index in [1.807, 2.05) is 18.2 Å². The molecule has 3 aromatic rings. The molecule has 4 rings (SSSR count). The number of carbonyl (C=O) groups excluding carboxylic acids is 1. The SMILES string of the molecule is O=C(c1ccccc1)c1cc(Cl)ccc1OCC1CCCc2[nH]cnc21. The lowest BCUT2D eigenvalue weighted by Gasteiger charge is -2.22. The van der Waals surface area contributed by atoms with Crippen molar-refractivity contribution in [1.82, 2.24) is 9.97 Å². The Labute approximate surface area is 157 Å². The van der Waals surface area contributed by atoms with Gasteiger partial charge in [0, 0.05) is 22.2 Å². The monoisotopic (exact) mass is 366 g/mol. The Morgan fingerprint density at radius 3 is 2.92 bits per heavy atom. The third kappa shape index (κ3) is 3.37. The molecule has 0 saturated heterocycles. The zero-order valence-electron chi connectivity index (χ0n) is 14.2. The molecule has 1 aromatic heterocycles. The summed E-state index contributed by atoms with van der Waals surface area (Å²) in [5.74, 6) is 0.707. The van der Waals surface area contributed by atoms with E-state index in [4.69, 9.17) is 16.3 Å². The maximum Gasteiger partial charge on any atom is 0.196 e. The van der Waals surface area contributed by atoms with E-state index in [-0.39, 0.29) is 11.7 Å². The number of hydrogen-bond acceptors (Lipinski definition) is 3. The Balaban J connectivity index is 1.57. The fourth-order valence-electron chi connectivity index (χ4n) is 3.45. The summed E-state index contributed by atoms with van der Waals surface area (Å²) < 4.78 is 6.07. The number of rotatable bonds is 5. The number of ketones is 1. The summed E-state index contributed by atoms with van der Waals surface area (Å²) in [4.78, 5) is 20.5. The number of H-pyrrole nitrogens is 1. The van der Waals surface area contributed by atoms with Crippen molar-refractivity contribution in [3.8, 4) is 5.75 Å². The number of halogens is 1. The van der Waals surface area contributed by atoms with Gasteiger partial charge in [-0.1, -0.05) is 41.9 Å². The zero-order chi connectivity index (χ0) is 17.9. The summed E-state index contributed by atoms with van der Waals surface area (Å²) in [6, 6.07) is 14.4. The number of imidazole rings is 1. The number of benzene rings is 2. The van der Waals surface area contributed by atoms with Crippen LogP contribution >= 0.6 is 11.6 Å². The second-order valence-electron chi connectivity index (χ2n) is 6.50. The molecular weight excluding hydrogens is 348 g/mol. The Morgan fingerprint density at radius 2 is 2.08 bits per heavy atom. The molecule has 0 saturated carbocycles. The maximum absolute atomic E-state index is 12.9. The van der Waals surface area contributed by atoms with E-state index in [0.29, 0.717) is 28.5 Å². The van der Waals surface area contributed by atoms with Crippen molar-refractivity contribution in [1.29, 1.82) is 0 Å². The zero-order valence-corrected chi connectivity index (χ0v) is 15.0. The molecule has 0 spiro atoms. The molecule has 1 unspecified atom stereocenters. The number of ether oxygens (including phenoxy) is 1. The summed E-state index contributed by atoms with van der Waals surface area (Å²) in [5.41, 5.74) is 3.39. The summed E-state index contributed by atoms with van der Waals surface area (Å²) in [5, 5.41) is 0.517. The molecule has 5 heteroatoms. The number of aromatic amines is 1. The van der Waals surface area contributed by atoms with Crippen molar-refractivity contribution in [2.45, 2.75) is 25.2 Å². The number of carbonyl (C=O) groups is 1. The van der Waals surface area contributed by atoms with Crippen LogP contribution in [-0.2, 0) is 6.42 Å². The number of aromatic nitrogens is 2. The second-order valence-corrected chi connectivity index (χ2v) is 6.94. The van der Waals surface area contributed by atoms with Crippen LogP contribution in [0.4, 0.5) is 0 Å². The van der Waals surface area contributed by atoms with Gasteiger partial charge in [0.05, 0.1) is 24.2 Å². The third-order valence-corrected chi connectivity index (χ3v) is 5.01. The second kappa shape index (κ2) is 7.34. The van der Waals surface area contributed by atoms with Gasteiger partial charge in [-0.2, -0.15) is 0 Å². The molecule has 132 valence electrons. The lowest BCUT2D eigenvalue weighted by Crippen LogP contribution is -2.17. The summed E-state index contributed by atoms with van der Waals surface area (Å²) in [6.45, 7) is 0.495. The Hall–Kier alpha value is -2.59. The predicted octanol–water partition coefficient (Wildman–Crippen LogP) is 4.79. The maximum atomic E-state index is 12.9. The normalized spacial score (nSPS) is 16.1. The largest absolute Gasteiger partial charge is 0.492 e. The van der Waals surface area contributed by atoms with Crippen LogP contribution in [0.25, 0.3) is 0 Å². The highest BCUT2D eigenvalue weighted by molar-refractivity contribution is 6.31. The highest BCUT2D eigenvalue weighted by atomic mass is 35.5. The van der Waals surface area contributed by atoms with Crippen LogP contribution in [0.2, 0.25) is 5.02 Å². The number of fused-ring (bicyclic) bond motifs is 1. The number of hydrogen-bond donors (Lipinski definition) is 1.